The number of carbonyl (C=O) groups is 1. The van der Waals surface area contributed by atoms with Crippen molar-refractivity contribution in [3.05, 3.63) is 29.8 Å². The average molecular weight is 263 g/mol. The fourth-order valence-electron chi connectivity index (χ4n) is 2.23. The topological polar surface area (TPSA) is 49.8 Å². The predicted molar refractivity (Wildman–Crippen MR) is 73.7 cm³/mol. The van der Waals surface area contributed by atoms with E-state index in [1.165, 1.54) is 6.42 Å². The Hall–Kier alpha value is -1.55. The number of hydrogen-bond donors (Lipinski definition) is 1. The third kappa shape index (κ3) is 3.96. The van der Waals surface area contributed by atoms with Gasteiger partial charge in [-0.15, -0.1) is 0 Å². The van der Waals surface area contributed by atoms with Gasteiger partial charge in [-0.05, 0) is 37.4 Å². The van der Waals surface area contributed by atoms with Crippen LogP contribution in [0, 0.1) is 11.8 Å². The summed E-state index contributed by atoms with van der Waals surface area (Å²) in [6, 6.07) is 6.76. The number of aromatic carboxylic acids is 1. The lowest BCUT2D eigenvalue weighted by Gasteiger charge is -2.17. The number of nitrogens with zero attached hydrogens (tertiary/aromatic N) is 1. The second-order valence-corrected chi connectivity index (χ2v) is 5.39. The highest BCUT2D eigenvalue weighted by atomic mass is 16.5. The molecule has 2 rings (SSSR count). The van der Waals surface area contributed by atoms with Crippen LogP contribution in [-0.2, 0) is 0 Å². The quantitative estimate of drug-likeness (QED) is 0.820. The van der Waals surface area contributed by atoms with Crippen molar-refractivity contribution in [3.8, 4) is 5.75 Å². The summed E-state index contributed by atoms with van der Waals surface area (Å²) >= 11 is 0. The van der Waals surface area contributed by atoms with Crippen LogP contribution in [0.25, 0.3) is 0 Å². The predicted octanol–water partition coefficient (Wildman–Crippen LogP) is 2.35. The van der Waals surface area contributed by atoms with E-state index in [4.69, 9.17) is 9.84 Å². The Balaban J connectivity index is 1.77. The number of benzene rings is 1. The SMILES string of the molecule is CC1CC1CN(C)CCOc1ccccc1C(=O)O. The summed E-state index contributed by atoms with van der Waals surface area (Å²) in [5.41, 5.74) is 0.223. The zero-order valence-corrected chi connectivity index (χ0v) is 11.5. The molecule has 4 heteroatoms. The van der Waals surface area contributed by atoms with Crippen molar-refractivity contribution in [1.82, 2.24) is 4.90 Å². The Labute approximate surface area is 114 Å². The first-order valence-electron chi connectivity index (χ1n) is 6.71. The summed E-state index contributed by atoms with van der Waals surface area (Å²) in [7, 11) is 2.08. The molecule has 0 aliphatic heterocycles. The maximum absolute atomic E-state index is 11.0. The molecule has 1 fully saturated rings. The van der Waals surface area contributed by atoms with E-state index in [1.807, 2.05) is 0 Å². The number of carboxylic acids is 1. The highest BCUT2D eigenvalue weighted by Crippen LogP contribution is 2.37. The minimum atomic E-state index is -0.948. The Morgan fingerprint density at radius 3 is 2.79 bits per heavy atom. The molecule has 0 amide bonds. The van der Waals surface area contributed by atoms with Gasteiger partial charge in [-0.3, -0.25) is 0 Å². The van der Waals surface area contributed by atoms with Crippen LogP contribution in [0.5, 0.6) is 5.75 Å². The van der Waals surface area contributed by atoms with Crippen LogP contribution in [-0.4, -0.2) is 42.7 Å². The van der Waals surface area contributed by atoms with E-state index >= 15 is 0 Å². The number of rotatable bonds is 7. The lowest BCUT2D eigenvalue weighted by molar-refractivity contribution is 0.0691. The van der Waals surface area contributed by atoms with Crippen LogP contribution in [0.4, 0.5) is 0 Å². The molecule has 0 bridgehead atoms. The largest absolute Gasteiger partial charge is 0.491 e. The van der Waals surface area contributed by atoms with Crippen molar-refractivity contribution in [2.24, 2.45) is 11.8 Å². The van der Waals surface area contributed by atoms with E-state index in [-0.39, 0.29) is 5.56 Å². The van der Waals surface area contributed by atoms with E-state index in [1.54, 1.807) is 24.3 Å². The molecule has 1 N–H and O–H groups in total. The molecule has 1 aliphatic carbocycles. The van der Waals surface area contributed by atoms with Crippen LogP contribution in [0.15, 0.2) is 24.3 Å². The molecule has 1 aliphatic rings. The third-order valence-corrected chi connectivity index (χ3v) is 3.67. The molecule has 19 heavy (non-hydrogen) atoms. The number of para-hydroxylation sites is 1. The van der Waals surface area contributed by atoms with Crippen molar-refractivity contribution in [2.75, 3.05) is 26.7 Å². The Morgan fingerprint density at radius 1 is 1.47 bits per heavy atom. The highest BCUT2D eigenvalue weighted by molar-refractivity contribution is 5.90. The molecule has 0 radical (unpaired) electrons. The maximum atomic E-state index is 11.0. The van der Waals surface area contributed by atoms with Crippen LogP contribution < -0.4 is 4.74 Å². The van der Waals surface area contributed by atoms with Crippen molar-refractivity contribution in [3.63, 3.8) is 0 Å². The van der Waals surface area contributed by atoms with Crippen molar-refractivity contribution in [1.29, 1.82) is 0 Å². The molecular formula is C15H21NO3. The van der Waals surface area contributed by atoms with Crippen molar-refractivity contribution in [2.45, 2.75) is 13.3 Å². The van der Waals surface area contributed by atoms with Gasteiger partial charge in [-0.25, -0.2) is 4.79 Å². The second kappa shape index (κ2) is 6.06. The smallest absolute Gasteiger partial charge is 0.339 e. The van der Waals surface area contributed by atoms with Gasteiger partial charge in [0.05, 0.1) is 0 Å². The first-order chi connectivity index (χ1) is 9.08. The summed E-state index contributed by atoms with van der Waals surface area (Å²) in [5.74, 6) is 1.19. The van der Waals surface area contributed by atoms with Gasteiger partial charge >= 0.3 is 5.97 Å². The second-order valence-electron chi connectivity index (χ2n) is 5.39. The average Bonchev–Trinajstić information content (AvgIpc) is 3.05. The van der Waals surface area contributed by atoms with Gasteiger partial charge in [0, 0.05) is 13.1 Å². The normalized spacial score (nSPS) is 21.4. The number of carboxylic acid groups (broad SMARTS) is 1. The Kier molecular flexibility index (Phi) is 4.43. The summed E-state index contributed by atoms with van der Waals surface area (Å²) in [5, 5.41) is 9.04. The van der Waals surface area contributed by atoms with E-state index in [9.17, 15) is 4.79 Å². The first-order valence-corrected chi connectivity index (χ1v) is 6.71. The molecule has 1 aromatic carbocycles. The van der Waals surface area contributed by atoms with E-state index in [2.05, 4.69) is 18.9 Å². The minimum Gasteiger partial charge on any atom is -0.491 e. The van der Waals surface area contributed by atoms with Crippen molar-refractivity contribution < 1.29 is 14.6 Å². The molecule has 1 aromatic rings. The summed E-state index contributed by atoms with van der Waals surface area (Å²) < 4.78 is 5.58. The zero-order valence-electron chi connectivity index (χ0n) is 11.5. The number of ether oxygens (including phenoxy) is 1. The maximum Gasteiger partial charge on any atom is 0.339 e. The molecule has 1 saturated carbocycles. The van der Waals surface area contributed by atoms with E-state index in [0.29, 0.717) is 12.4 Å². The van der Waals surface area contributed by atoms with E-state index < -0.39 is 5.97 Å². The monoisotopic (exact) mass is 263 g/mol. The lowest BCUT2D eigenvalue weighted by Crippen LogP contribution is -2.26. The van der Waals surface area contributed by atoms with Crippen LogP contribution in [0.1, 0.15) is 23.7 Å². The van der Waals surface area contributed by atoms with Gasteiger partial charge in [0.1, 0.15) is 17.9 Å². The molecule has 0 aromatic heterocycles. The van der Waals surface area contributed by atoms with Gasteiger partial charge in [0.2, 0.25) is 0 Å². The number of hydrogen-bond acceptors (Lipinski definition) is 3. The van der Waals surface area contributed by atoms with Crippen LogP contribution in [0.2, 0.25) is 0 Å². The van der Waals surface area contributed by atoms with Gasteiger partial charge < -0.3 is 14.7 Å². The fourth-order valence-corrected chi connectivity index (χ4v) is 2.23. The van der Waals surface area contributed by atoms with Crippen LogP contribution >= 0.6 is 0 Å². The first kappa shape index (κ1) is 13.9. The summed E-state index contributed by atoms with van der Waals surface area (Å²) in [6.07, 6.45) is 1.33. The molecule has 0 saturated heterocycles. The van der Waals surface area contributed by atoms with Crippen molar-refractivity contribution >= 4 is 5.97 Å². The van der Waals surface area contributed by atoms with E-state index in [0.717, 1.165) is 24.9 Å². The zero-order chi connectivity index (χ0) is 13.8. The molecule has 2 unspecified atom stereocenters. The fraction of sp³-hybridized carbons (Fsp3) is 0.533. The molecular weight excluding hydrogens is 242 g/mol. The van der Waals surface area contributed by atoms with Crippen LogP contribution in [0.3, 0.4) is 0 Å². The Bertz CT molecular complexity index is 447. The lowest BCUT2D eigenvalue weighted by atomic mass is 10.2. The van der Waals surface area contributed by atoms with Gasteiger partial charge in [-0.2, -0.15) is 0 Å². The van der Waals surface area contributed by atoms with Gasteiger partial charge in [0.15, 0.2) is 0 Å². The number of likely N-dealkylation sites (N-methyl/N-ethyl adjacent to an activating group) is 1. The van der Waals surface area contributed by atoms with Gasteiger partial charge in [0.25, 0.3) is 0 Å². The standard InChI is InChI=1S/C15H21NO3/c1-11-9-12(11)10-16(2)7-8-19-14-6-4-3-5-13(14)15(17)18/h3-6,11-12H,7-10H2,1-2H3,(H,17,18). The highest BCUT2D eigenvalue weighted by Gasteiger charge is 2.32. The van der Waals surface area contributed by atoms with Gasteiger partial charge in [-0.1, -0.05) is 19.1 Å². The molecule has 0 heterocycles. The molecule has 104 valence electrons. The summed E-state index contributed by atoms with van der Waals surface area (Å²) in [4.78, 5) is 13.3. The Morgan fingerprint density at radius 2 is 2.16 bits per heavy atom. The summed E-state index contributed by atoms with van der Waals surface area (Å²) in [6.45, 7) is 4.71. The minimum absolute atomic E-state index is 0.223. The molecule has 2 atom stereocenters. The molecule has 0 spiro atoms. The molecule has 4 nitrogen and oxygen atoms in total. The third-order valence-electron chi connectivity index (χ3n) is 3.67.